The largest absolute Gasteiger partial charge is 0.343 e. The number of halogens is 1. The molecule has 0 bridgehead atoms. The van der Waals surface area contributed by atoms with Crippen LogP contribution < -0.4 is 11.1 Å². The molecule has 2 saturated carbocycles. The van der Waals surface area contributed by atoms with Crippen LogP contribution in [0.1, 0.15) is 63.9 Å². The van der Waals surface area contributed by atoms with Gasteiger partial charge in [0.1, 0.15) is 11.9 Å². The maximum absolute atomic E-state index is 13.5. The molecule has 206 valence electrons. The maximum atomic E-state index is 13.5. The van der Waals surface area contributed by atoms with Crippen molar-refractivity contribution >= 4 is 29.0 Å². The number of carbonyl (C=O) groups excluding carboxylic acids is 2. The number of carbonyl (C=O) groups is 2. The Morgan fingerprint density at radius 3 is 2.44 bits per heavy atom. The Balaban J connectivity index is 1.26. The highest BCUT2D eigenvalue weighted by Gasteiger charge is 2.42. The molecule has 0 unspecified atom stereocenters. The minimum absolute atomic E-state index is 0.0704. The topological polar surface area (TPSA) is 101 Å². The van der Waals surface area contributed by atoms with E-state index in [-0.39, 0.29) is 17.9 Å². The number of nitrogens with two attached hydrogens (primary N) is 1. The number of nitrogens with one attached hydrogen (secondary N) is 1. The van der Waals surface area contributed by atoms with Gasteiger partial charge in [0, 0.05) is 55.4 Å². The summed E-state index contributed by atoms with van der Waals surface area (Å²) < 4.78 is 13.5. The van der Waals surface area contributed by atoms with Crippen LogP contribution >= 0.6 is 11.3 Å². The number of benzene rings is 1. The Bertz CT molecular complexity index is 1300. The summed E-state index contributed by atoms with van der Waals surface area (Å²) in [5, 5.41) is 15.8. The third kappa shape index (κ3) is 6.04. The molecule has 2 amide bonds. The molecule has 2 heterocycles. The number of rotatable bonds is 8. The van der Waals surface area contributed by atoms with Crippen LogP contribution in [-0.4, -0.2) is 46.2 Å². The number of alkyl halides is 1. The van der Waals surface area contributed by atoms with E-state index in [9.17, 15) is 14.0 Å². The van der Waals surface area contributed by atoms with Crippen molar-refractivity contribution in [2.75, 3.05) is 12.4 Å². The van der Waals surface area contributed by atoms with Crippen molar-refractivity contribution in [2.45, 2.75) is 76.0 Å². The van der Waals surface area contributed by atoms with Crippen molar-refractivity contribution < 1.29 is 14.0 Å². The zero-order valence-electron chi connectivity index (χ0n) is 22.5. The van der Waals surface area contributed by atoms with E-state index in [0.29, 0.717) is 43.1 Å². The van der Waals surface area contributed by atoms with E-state index in [2.05, 4.69) is 15.5 Å². The van der Waals surface area contributed by atoms with Gasteiger partial charge in [0.25, 0.3) is 0 Å². The second-order valence-corrected chi connectivity index (χ2v) is 11.8. The predicted molar refractivity (Wildman–Crippen MR) is 153 cm³/mol. The summed E-state index contributed by atoms with van der Waals surface area (Å²) in [6.45, 7) is 1.89. The number of hydrogen-bond acceptors (Lipinski definition) is 6. The minimum Gasteiger partial charge on any atom is -0.343 e. The van der Waals surface area contributed by atoms with Crippen molar-refractivity contribution in [3.05, 3.63) is 52.7 Å². The van der Waals surface area contributed by atoms with Gasteiger partial charge in [-0.2, -0.15) is 11.3 Å². The molecule has 2 aliphatic carbocycles. The van der Waals surface area contributed by atoms with Gasteiger partial charge in [0.15, 0.2) is 5.82 Å². The predicted octanol–water partition coefficient (Wildman–Crippen LogP) is 5.91. The molecule has 0 aliphatic heterocycles. The SMILES string of the molecule is CCC(=O)N(C)[C@H]1CC[C@H](CC(=O)Nc2cc(-c3ccsc3)c(-c3ccc([C@]4(N)C[C@H](F)C4)cc3)nn2)CC1. The molecule has 7 nitrogen and oxygen atoms in total. The number of nitrogens with zero attached hydrogens (tertiary/aromatic N) is 3. The smallest absolute Gasteiger partial charge is 0.225 e. The Kier molecular flexibility index (Phi) is 8.09. The molecule has 9 heteroatoms. The van der Waals surface area contributed by atoms with Gasteiger partial charge in [-0.25, -0.2) is 4.39 Å². The standard InChI is InChI=1S/C30H36FN5O2S/c1-3-28(38)36(2)24-10-4-19(5-11-24)14-27(37)33-26-15-25(21-12-13-39-18-21)29(35-34-26)20-6-8-22(9-7-20)30(32)16-23(31)17-30/h6-9,12-13,15,18-19,23-24H,3-5,10-11,14,16-17,32H2,1-2H3,(H,33,34,37)/t19-,23-,24-,30-. The molecule has 2 aromatic heterocycles. The highest BCUT2D eigenvalue weighted by molar-refractivity contribution is 7.08. The molecule has 2 aliphatic rings. The Labute approximate surface area is 233 Å². The zero-order chi connectivity index (χ0) is 27.6. The third-order valence-corrected chi connectivity index (χ3v) is 9.02. The first-order valence-corrected chi connectivity index (χ1v) is 14.7. The quantitative estimate of drug-likeness (QED) is 0.364. The fraction of sp³-hybridized carbons (Fsp3) is 0.467. The number of amides is 2. The van der Waals surface area contributed by atoms with E-state index in [1.165, 1.54) is 0 Å². The van der Waals surface area contributed by atoms with Crippen molar-refractivity contribution in [2.24, 2.45) is 11.7 Å². The Hall–Kier alpha value is -3.17. The summed E-state index contributed by atoms with van der Waals surface area (Å²) in [6.07, 6.45) is 4.51. The van der Waals surface area contributed by atoms with Crippen LogP contribution in [0.15, 0.2) is 47.2 Å². The molecule has 0 atom stereocenters. The van der Waals surface area contributed by atoms with Crippen LogP contribution in [0.3, 0.4) is 0 Å². The summed E-state index contributed by atoms with van der Waals surface area (Å²) in [5.74, 6) is 0.821. The normalized spacial score (nSPS) is 24.6. The molecular weight excluding hydrogens is 513 g/mol. The molecule has 0 spiro atoms. The molecule has 3 aromatic rings. The average Bonchev–Trinajstić information content (AvgIpc) is 3.47. The van der Waals surface area contributed by atoms with E-state index < -0.39 is 11.7 Å². The van der Waals surface area contributed by atoms with Gasteiger partial charge in [-0.05, 0) is 65.6 Å². The summed E-state index contributed by atoms with van der Waals surface area (Å²) >= 11 is 1.59. The minimum atomic E-state index is -0.832. The van der Waals surface area contributed by atoms with Crippen molar-refractivity contribution in [3.63, 3.8) is 0 Å². The van der Waals surface area contributed by atoms with Crippen LogP contribution in [0, 0.1) is 5.92 Å². The highest BCUT2D eigenvalue weighted by Crippen LogP contribution is 2.42. The lowest BCUT2D eigenvalue weighted by atomic mass is 9.71. The lowest BCUT2D eigenvalue weighted by Crippen LogP contribution is -2.50. The van der Waals surface area contributed by atoms with Gasteiger partial charge in [-0.15, -0.1) is 10.2 Å². The second kappa shape index (κ2) is 11.5. The van der Waals surface area contributed by atoms with Gasteiger partial charge < -0.3 is 16.0 Å². The number of anilines is 1. The van der Waals surface area contributed by atoms with Crippen molar-refractivity contribution in [3.8, 4) is 22.4 Å². The van der Waals surface area contributed by atoms with Crippen LogP contribution in [0.2, 0.25) is 0 Å². The van der Waals surface area contributed by atoms with Gasteiger partial charge in [-0.3, -0.25) is 9.59 Å². The molecule has 5 rings (SSSR count). The van der Waals surface area contributed by atoms with Crippen LogP contribution in [-0.2, 0) is 15.1 Å². The lowest BCUT2D eigenvalue weighted by molar-refractivity contribution is -0.132. The second-order valence-electron chi connectivity index (χ2n) is 11.0. The van der Waals surface area contributed by atoms with Gasteiger partial charge in [0.05, 0.1) is 0 Å². The first kappa shape index (κ1) is 27.4. The van der Waals surface area contributed by atoms with Crippen LogP contribution in [0.4, 0.5) is 10.2 Å². The molecule has 1 aromatic carbocycles. The first-order valence-electron chi connectivity index (χ1n) is 13.8. The summed E-state index contributed by atoms with van der Waals surface area (Å²) in [7, 11) is 1.88. The molecule has 2 fully saturated rings. The summed E-state index contributed by atoms with van der Waals surface area (Å²) in [5.41, 5.74) is 10.2. The van der Waals surface area contributed by atoms with Gasteiger partial charge >= 0.3 is 0 Å². The van der Waals surface area contributed by atoms with Gasteiger partial charge in [-0.1, -0.05) is 31.2 Å². The van der Waals surface area contributed by atoms with Crippen molar-refractivity contribution in [1.29, 1.82) is 0 Å². The number of thiophene rings is 1. The fourth-order valence-electron chi connectivity index (χ4n) is 5.88. The lowest BCUT2D eigenvalue weighted by Gasteiger charge is -2.41. The van der Waals surface area contributed by atoms with E-state index in [0.717, 1.165) is 47.9 Å². The third-order valence-electron chi connectivity index (χ3n) is 8.33. The molecule has 39 heavy (non-hydrogen) atoms. The molecule has 0 radical (unpaired) electrons. The van der Waals surface area contributed by atoms with Crippen LogP contribution in [0.5, 0.6) is 0 Å². The number of aromatic nitrogens is 2. The van der Waals surface area contributed by atoms with E-state index in [1.807, 2.05) is 66.0 Å². The zero-order valence-corrected chi connectivity index (χ0v) is 23.3. The van der Waals surface area contributed by atoms with Crippen LogP contribution in [0.25, 0.3) is 22.4 Å². The summed E-state index contributed by atoms with van der Waals surface area (Å²) in [4.78, 5) is 26.8. The summed E-state index contributed by atoms with van der Waals surface area (Å²) in [6, 6.07) is 12.0. The molecular formula is C30H36FN5O2S. The Morgan fingerprint density at radius 1 is 1.10 bits per heavy atom. The van der Waals surface area contributed by atoms with Crippen molar-refractivity contribution in [1.82, 2.24) is 15.1 Å². The first-order chi connectivity index (χ1) is 18.8. The molecule has 3 N–H and O–H groups in total. The van der Waals surface area contributed by atoms with E-state index in [1.54, 1.807) is 11.3 Å². The highest BCUT2D eigenvalue weighted by atomic mass is 32.1. The molecule has 0 saturated heterocycles. The maximum Gasteiger partial charge on any atom is 0.225 e. The average molecular weight is 550 g/mol. The monoisotopic (exact) mass is 549 g/mol. The fourth-order valence-corrected chi connectivity index (χ4v) is 6.53. The van der Waals surface area contributed by atoms with Gasteiger partial charge in [0.2, 0.25) is 11.8 Å². The van der Waals surface area contributed by atoms with E-state index in [4.69, 9.17) is 5.73 Å². The Morgan fingerprint density at radius 2 is 1.82 bits per heavy atom. The van der Waals surface area contributed by atoms with E-state index >= 15 is 0 Å². The number of hydrogen-bond donors (Lipinski definition) is 2.